The minimum Gasteiger partial charge on any atom is -0.376 e. The first-order valence-electron chi connectivity index (χ1n) is 5.83. The van der Waals surface area contributed by atoms with Crippen LogP contribution in [-0.2, 0) is 4.79 Å². The molecule has 1 amide bonds. The molecule has 0 aliphatic rings. The predicted molar refractivity (Wildman–Crippen MR) is 70.8 cm³/mol. The number of benzene rings is 1. The predicted octanol–water partition coefficient (Wildman–Crippen LogP) is 2.00. The fraction of sp³-hybridized carbons (Fsp3) is 0.357. The average Bonchev–Trinajstić information content (AvgIpc) is 2.37. The molecule has 0 fully saturated rings. The Morgan fingerprint density at radius 2 is 2.29 bits per heavy atom. The highest BCUT2D eigenvalue weighted by molar-refractivity contribution is 5.80. The Labute approximate surface area is 103 Å². The zero-order chi connectivity index (χ0) is 12.5. The van der Waals surface area contributed by atoms with Crippen molar-refractivity contribution in [1.29, 1.82) is 0 Å². The maximum absolute atomic E-state index is 11.4. The summed E-state index contributed by atoms with van der Waals surface area (Å²) < 4.78 is 0. The molecule has 17 heavy (non-hydrogen) atoms. The van der Waals surface area contributed by atoms with Crippen LogP contribution < -0.4 is 10.6 Å². The van der Waals surface area contributed by atoms with Crippen molar-refractivity contribution in [3.8, 4) is 12.3 Å². The summed E-state index contributed by atoms with van der Waals surface area (Å²) in [5.41, 5.74) is 1.67. The van der Waals surface area contributed by atoms with Crippen molar-refractivity contribution in [2.75, 3.05) is 18.4 Å². The van der Waals surface area contributed by atoms with E-state index in [4.69, 9.17) is 6.42 Å². The topological polar surface area (TPSA) is 41.1 Å². The van der Waals surface area contributed by atoms with Gasteiger partial charge >= 0.3 is 0 Å². The molecule has 0 radical (unpaired) electrons. The Morgan fingerprint density at radius 1 is 1.47 bits per heavy atom. The van der Waals surface area contributed by atoms with Crippen LogP contribution in [0.3, 0.4) is 0 Å². The monoisotopic (exact) mass is 230 g/mol. The van der Waals surface area contributed by atoms with Gasteiger partial charge in [0.1, 0.15) is 0 Å². The molecule has 3 heteroatoms. The van der Waals surface area contributed by atoms with Gasteiger partial charge in [0.05, 0.1) is 6.54 Å². The summed E-state index contributed by atoms with van der Waals surface area (Å²) >= 11 is 0. The molecule has 3 nitrogen and oxygen atoms in total. The zero-order valence-corrected chi connectivity index (χ0v) is 10.1. The quantitative estimate of drug-likeness (QED) is 0.579. The largest absolute Gasteiger partial charge is 0.376 e. The fourth-order valence-corrected chi connectivity index (χ4v) is 1.37. The van der Waals surface area contributed by atoms with Crippen molar-refractivity contribution < 1.29 is 4.79 Å². The van der Waals surface area contributed by atoms with E-state index in [1.54, 1.807) is 0 Å². The Hall–Kier alpha value is -1.95. The number of carbonyl (C=O) groups excluding carboxylic acids is 1. The van der Waals surface area contributed by atoms with E-state index in [1.807, 2.05) is 24.3 Å². The van der Waals surface area contributed by atoms with Gasteiger partial charge < -0.3 is 10.6 Å². The van der Waals surface area contributed by atoms with Crippen LogP contribution in [0.5, 0.6) is 0 Å². The second-order valence-corrected chi connectivity index (χ2v) is 3.78. The van der Waals surface area contributed by atoms with E-state index in [1.165, 1.54) is 0 Å². The molecule has 0 atom stereocenters. The molecule has 0 saturated carbocycles. The minimum absolute atomic E-state index is 0.00422. The van der Waals surface area contributed by atoms with E-state index >= 15 is 0 Å². The van der Waals surface area contributed by atoms with Crippen molar-refractivity contribution in [1.82, 2.24) is 5.32 Å². The third-order valence-corrected chi connectivity index (χ3v) is 2.33. The van der Waals surface area contributed by atoms with Gasteiger partial charge in [-0.2, -0.15) is 0 Å². The number of unbranched alkanes of at least 4 members (excludes halogenated alkanes) is 1. The van der Waals surface area contributed by atoms with Gasteiger partial charge in [-0.1, -0.05) is 25.3 Å². The summed E-state index contributed by atoms with van der Waals surface area (Å²) in [6.07, 6.45) is 7.39. The molecule has 0 heterocycles. The van der Waals surface area contributed by atoms with E-state index < -0.39 is 0 Å². The van der Waals surface area contributed by atoms with Crippen LogP contribution in [0.1, 0.15) is 25.3 Å². The lowest BCUT2D eigenvalue weighted by Gasteiger charge is -2.07. The summed E-state index contributed by atoms with van der Waals surface area (Å²) in [4.78, 5) is 11.4. The normalized spacial score (nSPS) is 9.41. The Kier molecular flexibility index (Phi) is 5.67. The van der Waals surface area contributed by atoms with Gasteiger partial charge in [-0.3, -0.25) is 4.79 Å². The van der Waals surface area contributed by atoms with Crippen LogP contribution in [-0.4, -0.2) is 19.0 Å². The molecule has 0 aromatic heterocycles. The molecule has 0 bridgehead atoms. The first kappa shape index (κ1) is 13.1. The number of anilines is 1. The summed E-state index contributed by atoms with van der Waals surface area (Å²) in [6, 6.07) is 7.46. The maximum atomic E-state index is 11.4. The van der Waals surface area contributed by atoms with Crippen molar-refractivity contribution in [2.45, 2.75) is 19.8 Å². The van der Waals surface area contributed by atoms with Crippen molar-refractivity contribution in [2.24, 2.45) is 0 Å². The lowest BCUT2D eigenvalue weighted by Crippen LogP contribution is -2.30. The Morgan fingerprint density at radius 3 is 3.00 bits per heavy atom. The van der Waals surface area contributed by atoms with Crippen LogP contribution in [0.15, 0.2) is 24.3 Å². The molecule has 1 rings (SSSR count). The number of hydrogen-bond donors (Lipinski definition) is 2. The van der Waals surface area contributed by atoms with Crippen molar-refractivity contribution in [3.05, 3.63) is 29.8 Å². The van der Waals surface area contributed by atoms with Gasteiger partial charge in [-0.15, -0.1) is 6.42 Å². The molecular weight excluding hydrogens is 212 g/mol. The number of hydrogen-bond acceptors (Lipinski definition) is 2. The van der Waals surface area contributed by atoms with Gasteiger partial charge in [0.2, 0.25) is 5.91 Å². The molecule has 0 aliphatic heterocycles. The molecule has 0 aliphatic carbocycles. The van der Waals surface area contributed by atoms with Crippen LogP contribution in [0, 0.1) is 12.3 Å². The van der Waals surface area contributed by atoms with Gasteiger partial charge in [0, 0.05) is 17.8 Å². The van der Waals surface area contributed by atoms with Crippen LogP contribution >= 0.6 is 0 Å². The lowest BCUT2D eigenvalue weighted by atomic mass is 10.2. The van der Waals surface area contributed by atoms with E-state index in [0.29, 0.717) is 0 Å². The molecular formula is C14H18N2O. The lowest BCUT2D eigenvalue weighted by molar-refractivity contribution is -0.119. The number of nitrogens with one attached hydrogen (secondary N) is 2. The van der Waals surface area contributed by atoms with E-state index in [2.05, 4.69) is 23.5 Å². The molecule has 90 valence electrons. The smallest absolute Gasteiger partial charge is 0.239 e. The first-order chi connectivity index (χ1) is 8.26. The van der Waals surface area contributed by atoms with E-state index in [0.717, 1.165) is 30.6 Å². The highest BCUT2D eigenvalue weighted by atomic mass is 16.1. The van der Waals surface area contributed by atoms with Gasteiger partial charge in [-0.05, 0) is 24.6 Å². The molecule has 1 aromatic carbocycles. The second-order valence-electron chi connectivity index (χ2n) is 3.78. The van der Waals surface area contributed by atoms with Crippen LogP contribution in [0.25, 0.3) is 0 Å². The highest BCUT2D eigenvalue weighted by Crippen LogP contribution is 2.08. The van der Waals surface area contributed by atoms with Crippen molar-refractivity contribution in [3.63, 3.8) is 0 Å². The zero-order valence-electron chi connectivity index (χ0n) is 10.1. The van der Waals surface area contributed by atoms with Crippen LogP contribution in [0.4, 0.5) is 5.69 Å². The highest BCUT2D eigenvalue weighted by Gasteiger charge is 2.00. The standard InChI is InChI=1S/C14H18N2O/c1-3-5-9-15-14(17)11-16-13-8-6-7-12(4-2)10-13/h2,6-8,10,16H,3,5,9,11H2,1H3,(H,15,17). The van der Waals surface area contributed by atoms with Crippen molar-refractivity contribution >= 4 is 11.6 Å². The van der Waals surface area contributed by atoms with Gasteiger partial charge in [0.25, 0.3) is 0 Å². The summed E-state index contributed by atoms with van der Waals surface area (Å²) in [5.74, 6) is 2.56. The van der Waals surface area contributed by atoms with E-state index in [9.17, 15) is 4.79 Å². The molecule has 2 N–H and O–H groups in total. The number of amides is 1. The summed E-state index contributed by atoms with van der Waals surface area (Å²) in [5, 5.41) is 5.88. The van der Waals surface area contributed by atoms with Gasteiger partial charge in [0.15, 0.2) is 0 Å². The number of rotatable bonds is 6. The first-order valence-corrected chi connectivity index (χ1v) is 5.83. The van der Waals surface area contributed by atoms with Crippen LogP contribution in [0.2, 0.25) is 0 Å². The van der Waals surface area contributed by atoms with E-state index in [-0.39, 0.29) is 12.5 Å². The Balaban J connectivity index is 2.34. The molecule has 1 aromatic rings. The summed E-state index contributed by atoms with van der Waals surface area (Å²) in [7, 11) is 0. The third kappa shape index (κ3) is 5.07. The molecule has 0 unspecified atom stereocenters. The second kappa shape index (κ2) is 7.34. The van der Waals surface area contributed by atoms with Gasteiger partial charge in [-0.25, -0.2) is 0 Å². The number of terminal acetylenes is 1. The molecule has 0 spiro atoms. The third-order valence-electron chi connectivity index (χ3n) is 2.33. The summed E-state index contributed by atoms with van der Waals surface area (Å²) in [6.45, 7) is 3.11. The number of carbonyl (C=O) groups is 1. The average molecular weight is 230 g/mol. The Bertz CT molecular complexity index is 407. The maximum Gasteiger partial charge on any atom is 0.239 e. The minimum atomic E-state index is 0.00422. The molecule has 0 saturated heterocycles. The SMILES string of the molecule is C#Cc1cccc(NCC(=O)NCCCC)c1. The fourth-order valence-electron chi connectivity index (χ4n) is 1.37.